The van der Waals surface area contributed by atoms with Crippen molar-refractivity contribution in [1.82, 2.24) is 15.1 Å². The molecule has 2 heterocycles. The maximum absolute atomic E-state index is 12.7. The van der Waals surface area contributed by atoms with Crippen LogP contribution in [0, 0.1) is 6.92 Å². The van der Waals surface area contributed by atoms with Gasteiger partial charge in [0.1, 0.15) is 5.75 Å². The minimum Gasteiger partial charge on any atom is -0.508 e. The third kappa shape index (κ3) is 7.83. The Hall–Kier alpha value is -2.97. The van der Waals surface area contributed by atoms with E-state index < -0.39 is 0 Å². The van der Waals surface area contributed by atoms with Crippen molar-refractivity contribution in [3.8, 4) is 5.75 Å². The van der Waals surface area contributed by atoms with E-state index in [4.69, 9.17) is 5.11 Å². The molecule has 8 nitrogen and oxygen atoms in total. The van der Waals surface area contributed by atoms with Crippen molar-refractivity contribution in [3.05, 3.63) is 48.2 Å². The highest BCUT2D eigenvalue weighted by molar-refractivity contribution is 5.80. The van der Waals surface area contributed by atoms with Crippen molar-refractivity contribution in [3.63, 3.8) is 0 Å². The van der Waals surface area contributed by atoms with Gasteiger partial charge in [0.2, 0.25) is 5.91 Å². The van der Waals surface area contributed by atoms with Crippen LogP contribution in [0.3, 0.4) is 0 Å². The summed E-state index contributed by atoms with van der Waals surface area (Å²) in [5.41, 5.74) is 2.24. The van der Waals surface area contributed by atoms with E-state index in [0.29, 0.717) is 17.8 Å². The Morgan fingerprint density at radius 2 is 1.97 bits per heavy atom. The molecule has 180 valence electrons. The first-order valence-corrected chi connectivity index (χ1v) is 11.3. The van der Waals surface area contributed by atoms with Gasteiger partial charge in [-0.15, -0.1) is 0 Å². The predicted molar refractivity (Wildman–Crippen MR) is 135 cm³/mol. The lowest BCUT2D eigenvalue weighted by molar-refractivity contribution is -0.129. The average Bonchev–Trinajstić information content (AvgIpc) is 3.34. The number of carbonyl (C=O) groups is 1. The molecule has 0 radical (unpaired) electrons. The zero-order chi connectivity index (χ0) is 24.2. The molecule has 0 aromatic heterocycles. The Labute approximate surface area is 197 Å². The molecule has 2 saturated heterocycles. The van der Waals surface area contributed by atoms with Gasteiger partial charge in [-0.3, -0.25) is 19.7 Å². The van der Waals surface area contributed by atoms with Gasteiger partial charge < -0.3 is 20.4 Å². The molecule has 33 heavy (non-hydrogen) atoms. The number of nitrogens with one attached hydrogen (secondary N) is 1. The summed E-state index contributed by atoms with van der Waals surface area (Å²) >= 11 is 0. The standard InChI is InChI=1S/C24H33N5O2.CH4O/c1-18-5-6-20(15-23(18)30)19(2)27-16-24(31)29-14-9-22(17-29)28-12-7-21(8-13-28)26-11-4-10-25-3;1-2/h4-6,10-11,15,21-22,27,30H,2-3,7-9,12-14,16-17H2,1H3;2H,1H3/b10-4-,26-11?;. The number of aromatic hydroxyl groups is 1. The number of rotatable bonds is 8. The second-order valence-electron chi connectivity index (χ2n) is 8.21. The number of phenols is 1. The maximum atomic E-state index is 12.7. The number of hydrogen-bond donors (Lipinski definition) is 3. The van der Waals surface area contributed by atoms with Gasteiger partial charge in [-0.05, 0) is 50.6 Å². The summed E-state index contributed by atoms with van der Waals surface area (Å²) < 4.78 is 0. The van der Waals surface area contributed by atoms with Crippen LogP contribution in [0.25, 0.3) is 5.70 Å². The molecule has 0 aliphatic carbocycles. The molecular formula is C25H37N5O3. The molecule has 3 N–H and O–H groups in total. The minimum absolute atomic E-state index is 0.0853. The van der Waals surface area contributed by atoms with Gasteiger partial charge in [-0.1, -0.05) is 18.7 Å². The SMILES string of the molecule is C=N/C=C\C=NC1CCN(C2CCN(C(=O)CNC(=C)c3ccc(C)c(O)c3)C2)CC1.CO. The minimum atomic E-state index is 0.0853. The molecule has 0 spiro atoms. The highest BCUT2D eigenvalue weighted by Gasteiger charge is 2.32. The highest BCUT2D eigenvalue weighted by atomic mass is 16.3. The number of piperidine rings is 1. The molecule has 0 saturated carbocycles. The fourth-order valence-electron chi connectivity index (χ4n) is 4.13. The largest absolute Gasteiger partial charge is 0.508 e. The fraction of sp³-hybridized carbons (Fsp3) is 0.480. The van der Waals surface area contributed by atoms with Crippen molar-refractivity contribution in [1.29, 1.82) is 0 Å². The fourth-order valence-corrected chi connectivity index (χ4v) is 4.13. The van der Waals surface area contributed by atoms with E-state index in [1.54, 1.807) is 12.3 Å². The van der Waals surface area contributed by atoms with E-state index in [1.165, 1.54) is 0 Å². The van der Waals surface area contributed by atoms with E-state index in [9.17, 15) is 9.90 Å². The van der Waals surface area contributed by atoms with Crippen LogP contribution < -0.4 is 5.32 Å². The second kappa shape index (κ2) is 13.5. The Balaban J connectivity index is 0.00000187. The van der Waals surface area contributed by atoms with Crippen LogP contribution in [-0.2, 0) is 4.79 Å². The number of amides is 1. The predicted octanol–water partition coefficient (Wildman–Crippen LogP) is 2.22. The molecule has 1 atom stereocenters. The molecule has 1 amide bonds. The van der Waals surface area contributed by atoms with Crippen molar-refractivity contribution in [2.75, 3.05) is 39.8 Å². The quantitative estimate of drug-likeness (QED) is 0.522. The Morgan fingerprint density at radius 1 is 1.24 bits per heavy atom. The summed E-state index contributed by atoms with van der Waals surface area (Å²) in [4.78, 5) is 25.4. The van der Waals surface area contributed by atoms with Crippen molar-refractivity contribution >= 4 is 24.5 Å². The summed E-state index contributed by atoms with van der Waals surface area (Å²) in [5.74, 6) is 0.316. The number of likely N-dealkylation sites (tertiary alicyclic amines) is 2. The van der Waals surface area contributed by atoms with Crippen LogP contribution in [0.1, 0.15) is 30.4 Å². The summed E-state index contributed by atoms with van der Waals surface area (Å²) in [7, 11) is 1.00. The molecule has 3 rings (SSSR count). The van der Waals surface area contributed by atoms with Gasteiger partial charge in [0.25, 0.3) is 0 Å². The zero-order valence-electron chi connectivity index (χ0n) is 19.8. The number of aliphatic hydroxyl groups is 1. The summed E-state index contributed by atoms with van der Waals surface area (Å²) in [5, 5.41) is 20.0. The number of phenolic OH excluding ortho intramolecular Hbond substituents is 1. The molecule has 0 bridgehead atoms. The summed E-state index contributed by atoms with van der Waals surface area (Å²) in [6.07, 6.45) is 8.35. The molecule has 8 heteroatoms. The Kier molecular flexibility index (Phi) is 10.8. The number of allylic oxidation sites excluding steroid dienone is 1. The van der Waals surface area contributed by atoms with Crippen molar-refractivity contribution < 1.29 is 15.0 Å². The number of carbonyl (C=O) groups excluding carboxylic acids is 1. The number of benzene rings is 1. The van der Waals surface area contributed by atoms with Gasteiger partial charge in [0, 0.05) is 63.0 Å². The van der Waals surface area contributed by atoms with E-state index in [2.05, 4.69) is 33.5 Å². The van der Waals surface area contributed by atoms with Crippen LogP contribution in [0.4, 0.5) is 0 Å². The van der Waals surface area contributed by atoms with E-state index in [0.717, 1.165) is 63.7 Å². The van der Waals surface area contributed by atoms with Crippen LogP contribution in [0.2, 0.25) is 0 Å². The first-order valence-electron chi connectivity index (χ1n) is 11.3. The smallest absolute Gasteiger partial charge is 0.241 e. The van der Waals surface area contributed by atoms with Crippen LogP contribution in [-0.4, -0.2) is 90.8 Å². The average molecular weight is 456 g/mol. The van der Waals surface area contributed by atoms with Crippen LogP contribution >= 0.6 is 0 Å². The summed E-state index contributed by atoms with van der Waals surface area (Å²) in [6.45, 7) is 13.1. The first-order chi connectivity index (χ1) is 16.0. The summed E-state index contributed by atoms with van der Waals surface area (Å²) in [6, 6.07) is 6.19. The maximum Gasteiger partial charge on any atom is 0.241 e. The monoisotopic (exact) mass is 455 g/mol. The van der Waals surface area contributed by atoms with Crippen molar-refractivity contribution in [2.45, 2.75) is 38.3 Å². The van der Waals surface area contributed by atoms with E-state index in [-0.39, 0.29) is 18.2 Å². The molecule has 1 unspecified atom stereocenters. The van der Waals surface area contributed by atoms with Gasteiger partial charge in [0.05, 0.1) is 12.6 Å². The van der Waals surface area contributed by atoms with Gasteiger partial charge >= 0.3 is 0 Å². The Morgan fingerprint density at radius 3 is 2.64 bits per heavy atom. The van der Waals surface area contributed by atoms with Gasteiger partial charge in [-0.25, -0.2) is 0 Å². The molecule has 2 fully saturated rings. The Bertz CT molecular complexity index is 860. The third-order valence-corrected chi connectivity index (χ3v) is 6.12. The van der Waals surface area contributed by atoms with Gasteiger partial charge in [0.15, 0.2) is 0 Å². The zero-order valence-corrected chi connectivity index (χ0v) is 19.8. The third-order valence-electron chi connectivity index (χ3n) is 6.12. The lowest BCUT2D eigenvalue weighted by atomic mass is 10.0. The topological polar surface area (TPSA) is 101 Å². The number of nitrogens with zero attached hydrogens (tertiary/aromatic N) is 4. The van der Waals surface area contributed by atoms with E-state index in [1.807, 2.05) is 36.2 Å². The lowest BCUT2D eigenvalue weighted by Gasteiger charge is -2.34. The molecule has 1 aromatic carbocycles. The number of aliphatic imine (C=N–C) groups is 2. The lowest BCUT2D eigenvalue weighted by Crippen LogP contribution is -2.45. The van der Waals surface area contributed by atoms with Crippen molar-refractivity contribution in [2.24, 2.45) is 9.98 Å². The first kappa shape index (κ1) is 26.3. The molecule has 2 aliphatic rings. The van der Waals surface area contributed by atoms with E-state index >= 15 is 0 Å². The second-order valence-corrected chi connectivity index (χ2v) is 8.21. The number of aryl methyl sites for hydroxylation is 1. The normalized spacial score (nSPS) is 19.5. The number of hydrogen-bond acceptors (Lipinski definition) is 7. The highest BCUT2D eigenvalue weighted by Crippen LogP contribution is 2.23. The molecule has 2 aliphatic heterocycles. The molecule has 1 aromatic rings. The van der Waals surface area contributed by atoms with Crippen LogP contribution in [0.5, 0.6) is 5.75 Å². The number of aliphatic hydroxyl groups excluding tert-OH is 1. The molecular weight excluding hydrogens is 418 g/mol. The van der Waals surface area contributed by atoms with Crippen LogP contribution in [0.15, 0.2) is 47.0 Å². The van der Waals surface area contributed by atoms with Gasteiger partial charge in [-0.2, -0.15) is 0 Å².